The standard InChI is InChI=1S/C30H30ClFN4O3/c1-30(26-9-8-20(31)16-33-26)38-25-7-2-4-22(29(25)39-30)19-10-13-35(14-11-19)18-27-34-24-6-3-5-23(32)28(24)36(27)17-21-12-15-37-21/h2-9,16,19,21H,10-15,17-18H2,1H3/t21-,30-/m0/s1. The van der Waals surface area contributed by atoms with Crippen LogP contribution in [0.1, 0.15) is 49.2 Å². The minimum Gasteiger partial charge on any atom is -0.443 e. The lowest BCUT2D eigenvalue weighted by atomic mass is 9.88. The molecule has 3 aliphatic heterocycles. The number of para-hydroxylation sites is 2. The molecule has 4 aromatic rings. The molecule has 5 heterocycles. The van der Waals surface area contributed by atoms with E-state index >= 15 is 0 Å². The zero-order valence-electron chi connectivity index (χ0n) is 21.8. The zero-order chi connectivity index (χ0) is 26.6. The molecule has 0 radical (unpaired) electrons. The molecule has 9 heteroatoms. The van der Waals surface area contributed by atoms with Gasteiger partial charge in [-0.05, 0) is 68.6 Å². The summed E-state index contributed by atoms with van der Waals surface area (Å²) in [6.07, 6.45) is 4.70. The Morgan fingerprint density at radius 2 is 1.87 bits per heavy atom. The van der Waals surface area contributed by atoms with E-state index in [4.69, 9.17) is 30.8 Å². The molecule has 2 atom stereocenters. The minimum absolute atomic E-state index is 0.127. The molecule has 7 nitrogen and oxygen atoms in total. The molecule has 0 bridgehead atoms. The highest BCUT2D eigenvalue weighted by molar-refractivity contribution is 6.30. The van der Waals surface area contributed by atoms with Crippen LogP contribution in [0.25, 0.3) is 11.0 Å². The zero-order valence-corrected chi connectivity index (χ0v) is 22.5. The van der Waals surface area contributed by atoms with Gasteiger partial charge in [-0.25, -0.2) is 9.37 Å². The lowest BCUT2D eigenvalue weighted by Gasteiger charge is -2.33. The van der Waals surface area contributed by atoms with Crippen molar-refractivity contribution in [2.24, 2.45) is 0 Å². The SMILES string of the molecule is C[C@]1(c2ccc(Cl)cn2)Oc2cccc(C3CCN(Cc4nc5cccc(F)c5n4C[C@@H]4CCO4)CC3)c2O1. The Morgan fingerprint density at radius 3 is 2.62 bits per heavy atom. The summed E-state index contributed by atoms with van der Waals surface area (Å²) in [7, 11) is 0. The van der Waals surface area contributed by atoms with Gasteiger partial charge in [0, 0.05) is 25.3 Å². The number of nitrogens with zero attached hydrogens (tertiary/aromatic N) is 4. The molecule has 0 amide bonds. The Kier molecular flexibility index (Phi) is 6.21. The average Bonchev–Trinajstić information content (AvgIpc) is 3.45. The van der Waals surface area contributed by atoms with E-state index in [1.54, 1.807) is 18.3 Å². The van der Waals surface area contributed by atoms with E-state index in [0.717, 1.165) is 56.3 Å². The Labute approximate surface area is 231 Å². The monoisotopic (exact) mass is 548 g/mol. The van der Waals surface area contributed by atoms with Crippen molar-refractivity contribution in [1.29, 1.82) is 0 Å². The number of aromatic nitrogens is 3. The van der Waals surface area contributed by atoms with Crippen LogP contribution in [0.2, 0.25) is 5.02 Å². The van der Waals surface area contributed by atoms with Gasteiger partial charge in [0.2, 0.25) is 0 Å². The van der Waals surface area contributed by atoms with Gasteiger partial charge in [-0.1, -0.05) is 29.8 Å². The van der Waals surface area contributed by atoms with Gasteiger partial charge < -0.3 is 18.8 Å². The van der Waals surface area contributed by atoms with Gasteiger partial charge in [0.1, 0.15) is 22.9 Å². The van der Waals surface area contributed by atoms with E-state index in [0.29, 0.717) is 40.8 Å². The molecule has 0 spiro atoms. The van der Waals surface area contributed by atoms with Crippen LogP contribution in [-0.4, -0.2) is 45.2 Å². The number of pyridine rings is 1. The van der Waals surface area contributed by atoms with Gasteiger partial charge in [-0.2, -0.15) is 0 Å². The maximum atomic E-state index is 14.8. The van der Waals surface area contributed by atoms with Crippen molar-refractivity contribution in [1.82, 2.24) is 19.4 Å². The summed E-state index contributed by atoms with van der Waals surface area (Å²) in [6, 6.07) is 14.9. The number of rotatable bonds is 6. The molecule has 0 saturated carbocycles. The topological polar surface area (TPSA) is 61.6 Å². The van der Waals surface area contributed by atoms with E-state index < -0.39 is 5.79 Å². The summed E-state index contributed by atoms with van der Waals surface area (Å²) in [5.74, 6) is 1.55. The molecule has 0 aliphatic carbocycles. The molecule has 2 aromatic carbocycles. The second kappa shape index (κ2) is 9.77. The second-order valence-electron chi connectivity index (χ2n) is 10.8. The molecule has 7 rings (SSSR count). The van der Waals surface area contributed by atoms with Crippen LogP contribution in [0.3, 0.4) is 0 Å². The van der Waals surface area contributed by atoms with Gasteiger partial charge >= 0.3 is 0 Å². The van der Waals surface area contributed by atoms with Crippen LogP contribution < -0.4 is 9.47 Å². The first-order valence-electron chi connectivity index (χ1n) is 13.6. The molecule has 0 N–H and O–H groups in total. The van der Waals surface area contributed by atoms with Crippen molar-refractivity contribution in [3.05, 3.63) is 82.6 Å². The quantitative estimate of drug-likeness (QED) is 0.293. The first-order valence-corrected chi connectivity index (χ1v) is 14.0. The first kappa shape index (κ1) is 24.8. The van der Waals surface area contributed by atoms with Crippen molar-refractivity contribution in [2.45, 2.75) is 57.1 Å². The summed E-state index contributed by atoms with van der Waals surface area (Å²) in [6.45, 7) is 5.81. The van der Waals surface area contributed by atoms with Crippen LogP contribution in [0, 0.1) is 5.82 Å². The Hall–Kier alpha value is -3.20. The van der Waals surface area contributed by atoms with Crippen LogP contribution in [0.5, 0.6) is 11.5 Å². The fourth-order valence-electron chi connectivity index (χ4n) is 5.96. The van der Waals surface area contributed by atoms with Crippen molar-refractivity contribution in [3.63, 3.8) is 0 Å². The molecule has 0 unspecified atom stereocenters. The summed E-state index contributed by atoms with van der Waals surface area (Å²) >= 11 is 6.03. The number of likely N-dealkylation sites (tertiary alicyclic amines) is 1. The highest BCUT2D eigenvalue weighted by Crippen LogP contribution is 2.49. The highest BCUT2D eigenvalue weighted by atomic mass is 35.5. The van der Waals surface area contributed by atoms with E-state index in [2.05, 4.69) is 16.0 Å². The number of halogens is 2. The minimum atomic E-state index is -0.998. The third kappa shape index (κ3) is 4.54. The number of piperidine rings is 1. The van der Waals surface area contributed by atoms with Crippen molar-refractivity contribution in [3.8, 4) is 11.5 Å². The molecular weight excluding hydrogens is 519 g/mol. The van der Waals surface area contributed by atoms with Gasteiger partial charge in [-0.3, -0.25) is 9.88 Å². The normalized spacial score (nSPS) is 23.3. The smallest absolute Gasteiger partial charge is 0.292 e. The number of hydrogen-bond donors (Lipinski definition) is 0. The van der Waals surface area contributed by atoms with E-state index in [1.807, 2.05) is 35.8 Å². The van der Waals surface area contributed by atoms with E-state index in [9.17, 15) is 4.39 Å². The predicted molar refractivity (Wildman–Crippen MR) is 146 cm³/mol. The number of imidazole rings is 1. The lowest BCUT2D eigenvalue weighted by Crippen LogP contribution is -2.35. The van der Waals surface area contributed by atoms with E-state index in [1.165, 1.54) is 11.6 Å². The second-order valence-corrected chi connectivity index (χ2v) is 11.2. The van der Waals surface area contributed by atoms with Gasteiger partial charge in [-0.15, -0.1) is 0 Å². The fraction of sp³-hybridized carbons (Fsp3) is 0.400. The van der Waals surface area contributed by atoms with Crippen molar-refractivity contribution in [2.75, 3.05) is 19.7 Å². The fourth-order valence-corrected chi connectivity index (χ4v) is 6.07. The van der Waals surface area contributed by atoms with Crippen molar-refractivity contribution >= 4 is 22.6 Å². The van der Waals surface area contributed by atoms with Crippen molar-refractivity contribution < 1.29 is 18.6 Å². The average molecular weight is 549 g/mol. The number of benzene rings is 2. The number of hydrogen-bond acceptors (Lipinski definition) is 6. The maximum absolute atomic E-state index is 14.8. The summed E-state index contributed by atoms with van der Waals surface area (Å²) < 4.78 is 35.2. The molecule has 2 fully saturated rings. The lowest BCUT2D eigenvalue weighted by molar-refractivity contribution is -0.0722. The molecule has 39 heavy (non-hydrogen) atoms. The number of ether oxygens (including phenoxy) is 3. The first-order chi connectivity index (χ1) is 19.0. The Morgan fingerprint density at radius 1 is 1.05 bits per heavy atom. The van der Waals surface area contributed by atoms with Crippen LogP contribution in [0.15, 0.2) is 54.7 Å². The Bertz CT molecular complexity index is 1510. The van der Waals surface area contributed by atoms with Crippen LogP contribution in [-0.2, 0) is 23.6 Å². The van der Waals surface area contributed by atoms with Gasteiger partial charge in [0.25, 0.3) is 5.79 Å². The van der Waals surface area contributed by atoms with Crippen LogP contribution >= 0.6 is 11.6 Å². The predicted octanol–water partition coefficient (Wildman–Crippen LogP) is 6.04. The summed E-state index contributed by atoms with van der Waals surface area (Å²) in [5.41, 5.74) is 3.12. The largest absolute Gasteiger partial charge is 0.443 e. The summed E-state index contributed by atoms with van der Waals surface area (Å²) in [5, 5.41) is 0.572. The van der Waals surface area contributed by atoms with Crippen LogP contribution in [0.4, 0.5) is 4.39 Å². The highest BCUT2D eigenvalue weighted by Gasteiger charge is 2.42. The maximum Gasteiger partial charge on any atom is 0.292 e. The van der Waals surface area contributed by atoms with E-state index in [-0.39, 0.29) is 11.9 Å². The molecule has 202 valence electrons. The number of fused-ring (bicyclic) bond motifs is 2. The molecule has 2 aromatic heterocycles. The third-order valence-corrected chi connectivity index (χ3v) is 8.40. The van der Waals surface area contributed by atoms with Gasteiger partial charge in [0.15, 0.2) is 11.5 Å². The molecule has 2 saturated heterocycles. The molecular formula is C30H30ClFN4O3. The summed E-state index contributed by atoms with van der Waals surface area (Å²) in [4.78, 5) is 11.7. The van der Waals surface area contributed by atoms with Gasteiger partial charge in [0.05, 0.1) is 29.7 Å². The Balaban J connectivity index is 1.07. The third-order valence-electron chi connectivity index (χ3n) is 8.17. The molecule has 3 aliphatic rings.